The molecule has 0 heterocycles. The van der Waals surface area contributed by atoms with Crippen LogP contribution in [0.3, 0.4) is 0 Å². The molecular weight excluding hydrogens is 769 g/mol. The summed E-state index contributed by atoms with van der Waals surface area (Å²) in [4.78, 5) is 0. The Morgan fingerprint density at radius 1 is 0.178 bits per heavy atom. The van der Waals surface area contributed by atoms with Crippen molar-refractivity contribution >= 4 is 8.58 Å². The predicted octanol–water partition coefficient (Wildman–Crippen LogP) is 10.3. The third-order valence-electron chi connectivity index (χ3n) is 4.97. The maximum Gasteiger partial charge on any atom is 0.460 e. The van der Waals surface area contributed by atoms with Crippen LogP contribution in [-0.4, -0.2) is 82.9 Å². The molecule has 0 atom stereocenters. The van der Waals surface area contributed by atoms with Crippen LogP contribution in [0, 0.1) is 0 Å². The molecule has 0 aliphatic heterocycles. The lowest BCUT2D eigenvalue weighted by Crippen LogP contribution is -2.73. The van der Waals surface area contributed by atoms with Crippen molar-refractivity contribution in [3.63, 3.8) is 0 Å². The molecule has 0 N–H and O–H groups in total. The molecule has 0 radical (unpaired) electrons. The van der Waals surface area contributed by atoms with E-state index in [1.165, 1.54) is 0 Å². The van der Waals surface area contributed by atoms with E-state index >= 15 is 0 Å². The lowest BCUT2D eigenvalue weighted by Gasteiger charge is -2.43. The minimum absolute atomic E-state index is 6.29. The maximum atomic E-state index is 13.6. The van der Waals surface area contributed by atoms with Crippen LogP contribution >= 0.6 is 8.58 Å². The first-order valence-electron chi connectivity index (χ1n) is 9.17. The van der Waals surface area contributed by atoms with Crippen molar-refractivity contribution in [3.05, 3.63) is 0 Å². The highest BCUT2D eigenvalue weighted by atomic mass is 31.1. The molecule has 272 valence electrons. The molecule has 0 nitrogen and oxygen atoms in total. The Morgan fingerprint density at radius 2 is 0.311 bits per heavy atom. The highest BCUT2D eigenvalue weighted by Gasteiger charge is 2.96. The first kappa shape index (κ1) is 43.3. The Balaban J connectivity index is 7.15. The summed E-state index contributed by atoms with van der Waals surface area (Å²) in [5.41, 5.74) is -17.2. The molecule has 0 fully saturated rings. The first-order valence-corrected chi connectivity index (χ1v) is 10.2. The average molecular weight is 770 g/mol. The molecule has 0 bridgehead atoms. The summed E-state index contributed by atoms with van der Waals surface area (Å²) in [7, 11) is -6.29. The SMILES string of the molecule is FC(F)(F)C(F)(F)C(F)(F)C(F)(F)C(F)(F)C(F)(F)C(F)(F)PC(F)(F)C(F)(F)C(F)(F)C(F)(F)C(F)(F)C(F)(F)C(F)(F)F. The van der Waals surface area contributed by atoms with Gasteiger partial charge in [0.1, 0.15) is 0 Å². The van der Waals surface area contributed by atoms with Gasteiger partial charge in [-0.25, -0.2) is 0 Å². The molecule has 0 aliphatic carbocycles. The van der Waals surface area contributed by atoms with Gasteiger partial charge in [0, 0.05) is 8.58 Å². The Bertz CT molecular complexity index is 985. The zero-order valence-corrected chi connectivity index (χ0v) is 19.8. The Kier molecular flexibility index (Phi) is 10.0. The van der Waals surface area contributed by atoms with Gasteiger partial charge in [-0.3, -0.25) is 0 Å². The standard InChI is InChI=1S/C14HF30P/c15-1(16,3(19,20)7(27,28)11(35,36)37)5(23,24)9(31,32)13(41,42)45-14(43,44)10(33,34)6(25,26)2(17,18)4(21,22)8(29,30)12(38,39)40/h45H. The van der Waals surface area contributed by atoms with E-state index < -0.39 is 91.5 Å². The summed E-state index contributed by atoms with van der Waals surface area (Å²) in [5, 5.41) is 0. The second-order valence-corrected chi connectivity index (χ2v) is 9.52. The molecule has 0 amide bonds. The van der Waals surface area contributed by atoms with E-state index in [0.717, 1.165) is 0 Å². The molecule has 0 aromatic rings. The summed E-state index contributed by atoms with van der Waals surface area (Å²) in [6, 6.07) is 0. The summed E-state index contributed by atoms with van der Waals surface area (Å²) < 4.78 is 390. The van der Waals surface area contributed by atoms with Gasteiger partial charge < -0.3 is 0 Å². The Morgan fingerprint density at radius 3 is 0.467 bits per heavy atom. The van der Waals surface area contributed by atoms with Gasteiger partial charge in [0.25, 0.3) is 0 Å². The van der Waals surface area contributed by atoms with Gasteiger partial charge >= 0.3 is 82.9 Å². The van der Waals surface area contributed by atoms with Gasteiger partial charge in [0.2, 0.25) is 0 Å². The number of hydrogen-bond donors (Lipinski definition) is 0. The number of halogens is 30. The molecule has 0 aromatic heterocycles. The fraction of sp³-hybridized carbons (Fsp3) is 1.00. The molecule has 0 aliphatic rings. The quantitative estimate of drug-likeness (QED) is 0.137. The molecule has 0 rings (SSSR count). The number of hydrogen-bond acceptors (Lipinski definition) is 0. The van der Waals surface area contributed by atoms with Gasteiger partial charge in [-0.15, -0.1) is 0 Å². The molecule has 0 saturated carbocycles. The summed E-state index contributed by atoms with van der Waals surface area (Å²) in [6.07, 6.45) is -16.4. The largest absolute Gasteiger partial charge is 0.460 e. The van der Waals surface area contributed by atoms with E-state index in [1.807, 2.05) is 0 Å². The topological polar surface area (TPSA) is 0 Å². The zero-order valence-electron chi connectivity index (χ0n) is 18.8. The van der Waals surface area contributed by atoms with Gasteiger partial charge in [-0.1, -0.05) is 0 Å². The molecule has 0 saturated heterocycles. The average Bonchev–Trinajstić information content (AvgIpc) is 2.75. The highest BCUT2D eigenvalue weighted by molar-refractivity contribution is 7.41. The van der Waals surface area contributed by atoms with Gasteiger partial charge in [0.05, 0.1) is 0 Å². The number of rotatable bonds is 12. The molecule has 0 unspecified atom stereocenters. The number of alkyl halides is 30. The van der Waals surface area contributed by atoms with Crippen LogP contribution in [0.2, 0.25) is 0 Å². The fourth-order valence-corrected chi connectivity index (χ4v) is 3.31. The van der Waals surface area contributed by atoms with Crippen LogP contribution in [0.5, 0.6) is 0 Å². The maximum absolute atomic E-state index is 13.6. The van der Waals surface area contributed by atoms with E-state index in [9.17, 15) is 132 Å². The van der Waals surface area contributed by atoms with Crippen molar-refractivity contribution in [1.82, 2.24) is 0 Å². The van der Waals surface area contributed by atoms with Gasteiger partial charge in [0.15, 0.2) is 0 Å². The van der Waals surface area contributed by atoms with Crippen LogP contribution in [0.15, 0.2) is 0 Å². The summed E-state index contributed by atoms with van der Waals surface area (Å²) in [5.74, 6) is -91.0. The third-order valence-corrected chi connectivity index (χ3v) is 6.23. The molecule has 0 aromatic carbocycles. The van der Waals surface area contributed by atoms with Gasteiger partial charge in [-0.2, -0.15) is 132 Å². The second kappa shape index (κ2) is 10.4. The van der Waals surface area contributed by atoms with E-state index in [4.69, 9.17) is 0 Å². The van der Waals surface area contributed by atoms with Crippen molar-refractivity contribution in [2.75, 3.05) is 0 Å². The minimum Gasteiger partial charge on any atom is -0.195 e. The van der Waals surface area contributed by atoms with Crippen molar-refractivity contribution in [1.29, 1.82) is 0 Å². The first-order chi connectivity index (χ1) is 18.7. The minimum atomic E-state index is -9.34. The lowest BCUT2D eigenvalue weighted by atomic mass is 9.94. The van der Waals surface area contributed by atoms with Gasteiger partial charge in [-0.05, 0) is 0 Å². The Hall–Kier alpha value is -1.67. The predicted molar refractivity (Wildman–Crippen MR) is 79.8 cm³/mol. The third kappa shape index (κ3) is 5.46. The molecule has 0 spiro atoms. The van der Waals surface area contributed by atoms with Crippen LogP contribution in [-0.2, 0) is 0 Å². The smallest absolute Gasteiger partial charge is 0.195 e. The summed E-state index contributed by atoms with van der Waals surface area (Å²) >= 11 is 0. The van der Waals surface area contributed by atoms with Crippen LogP contribution in [0.1, 0.15) is 0 Å². The van der Waals surface area contributed by atoms with E-state index in [1.54, 1.807) is 0 Å². The zero-order chi connectivity index (χ0) is 37.7. The lowest BCUT2D eigenvalue weighted by molar-refractivity contribution is -0.449. The van der Waals surface area contributed by atoms with Crippen LogP contribution < -0.4 is 0 Å². The van der Waals surface area contributed by atoms with Crippen molar-refractivity contribution < 1.29 is 132 Å². The second-order valence-electron chi connectivity index (χ2n) is 8.01. The van der Waals surface area contributed by atoms with Crippen molar-refractivity contribution in [3.8, 4) is 0 Å². The molecular formula is C14HF30P. The molecule has 45 heavy (non-hydrogen) atoms. The fourth-order valence-electron chi connectivity index (χ4n) is 2.29. The van der Waals surface area contributed by atoms with E-state index in [-0.39, 0.29) is 0 Å². The normalized spacial score (nSPS) is 17.2. The van der Waals surface area contributed by atoms with Crippen molar-refractivity contribution in [2.45, 2.75) is 82.9 Å². The van der Waals surface area contributed by atoms with Crippen LogP contribution in [0.25, 0.3) is 0 Å². The van der Waals surface area contributed by atoms with E-state index in [2.05, 4.69) is 0 Å². The van der Waals surface area contributed by atoms with Crippen LogP contribution in [0.4, 0.5) is 132 Å². The summed E-state index contributed by atoms with van der Waals surface area (Å²) in [6.45, 7) is 0. The Labute approximate surface area is 224 Å². The van der Waals surface area contributed by atoms with E-state index in [0.29, 0.717) is 0 Å². The monoisotopic (exact) mass is 770 g/mol. The van der Waals surface area contributed by atoms with Crippen molar-refractivity contribution in [2.24, 2.45) is 0 Å². The highest BCUT2D eigenvalue weighted by Crippen LogP contribution is 2.70. The molecule has 31 heteroatoms.